The predicted molar refractivity (Wildman–Crippen MR) is 91.2 cm³/mol. The average Bonchev–Trinajstić information content (AvgIpc) is 3.25. The summed E-state index contributed by atoms with van der Waals surface area (Å²) in [6, 6.07) is 7.85. The van der Waals surface area contributed by atoms with E-state index < -0.39 is 6.10 Å². The third-order valence-corrected chi connectivity index (χ3v) is 5.44. The van der Waals surface area contributed by atoms with Crippen molar-refractivity contribution >= 4 is 17.5 Å². The van der Waals surface area contributed by atoms with E-state index in [0.717, 1.165) is 42.0 Å². The van der Waals surface area contributed by atoms with Crippen LogP contribution in [0, 0.1) is 6.92 Å². The summed E-state index contributed by atoms with van der Waals surface area (Å²) in [6.45, 7) is 2.69. The smallest absolute Gasteiger partial charge is 0.264 e. The molecule has 0 aliphatic carbocycles. The fourth-order valence-corrected chi connectivity index (χ4v) is 4.16. The van der Waals surface area contributed by atoms with Gasteiger partial charge < -0.3 is 9.64 Å². The van der Waals surface area contributed by atoms with Crippen LogP contribution in [-0.4, -0.2) is 33.2 Å². The number of amides is 1. The highest BCUT2D eigenvalue weighted by molar-refractivity contribution is 6.30. The minimum absolute atomic E-state index is 0.00832. The molecular formula is C18H20ClN3O2. The molecule has 2 atom stereocenters. The fourth-order valence-electron chi connectivity index (χ4n) is 3.86. The summed E-state index contributed by atoms with van der Waals surface area (Å²) < 4.78 is 7.56. The van der Waals surface area contributed by atoms with Crippen molar-refractivity contribution in [3.8, 4) is 5.75 Å². The molecule has 2 aromatic rings. The van der Waals surface area contributed by atoms with Gasteiger partial charge >= 0.3 is 0 Å². The van der Waals surface area contributed by atoms with Crippen molar-refractivity contribution in [2.24, 2.45) is 7.05 Å². The Morgan fingerprint density at radius 1 is 1.38 bits per heavy atom. The van der Waals surface area contributed by atoms with Gasteiger partial charge in [-0.25, -0.2) is 0 Å². The summed E-state index contributed by atoms with van der Waals surface area (Å²) in [5.41, 5.74) is 2.96. The summed E-state index contributed by atoms with van der Waals surface area (Å²) in [7, 11) is 1.83. The lowest BCUT2D eigenvalue weighted by molar-refractivity contribution is -0.138. The van der Waals surface area contributed by atoms with Gasteiger partial charge in [0.2, 0.25) is 0 Å². The monoisotopic (exact) mass is 345 g/mol. The molecule has 0 bridgehead atoms. The fraction of sp³-hybridized carbons (Fsp3) is 0.444. The van der Waals surface area contributed by atoms with Crippen LogP contribution in [0.25, 0.3) is 0 Å². The first-order valence-corrected chi connectivity index (χ1v) is 8.68. The molecule has 5 nitrogen and oxygen atoms in total. The van der Waals surface area contributed by atoms with E-state index in [1.807, 2.05) is 43.1 Å². The number of rotatable bonds is 2. The molecule has 2 aliphatic rings. The van der Waals surface area contributed by atoms with Crippen molar-refractivity contribution in [1.29, 1.82) is 0 Å². The minimum atomic E-state index is -0.432. The van der Waals surface area contributed by atoms with Gasteiger partial charge in [-0.3, -0.25) is 9.48 Å². The van der Waals surface area contributed by atoms with E-state index in [2.05, 4.69) is 5.10 Å². The Morgan fingerprint density at radius 3 is 2.88 bits per heavy atom. The molecule has 1 aromatic heterocycles. The van der Waals surface area contributed by atoms with Crippen molar-refractivity contribution in [3.05, 3.63) is 46.2 Å². The molecule has 4 rings (SSSR count). The first kappa shape index (κ1) is 15.5. The van der Waals surface area contributed by atoms with Gasteiger partial charge in [0.25, 0.3) is 5.91 Å². The van der Waals surface area contributed by atoms with Gasteiger partial charge in [-0.05, 0) is 31.4 Å². The maximum Gasteiger partial charge on any atom is 0.264 e. The van der Waals surface area contributed by atoms with Crippen LogP contribution in [0.2, 0.25) is 5.15 Å². The second kappa shape index (κ2) is 5.81. The van der Waals surface area contributed by atoms with Gasteiger partial charge in [0.15, 0.2) is 6.10 Å². The highest BCUT2D eigenvalue weighted by Gasteiger charge is 2.39. The van der Waals surface area contributed by atoms with E-state index in [1.54, 1.807) is 4.68 Å². The average molecular weight is 346 g/mol. The van der Waals surface area contributed by atoms with Crippen LogP contribution in [0.1, 0.15) is 35.7 Å². The molecule has 1 amide bonds. The molecule has 1 fully saturated rings. The lowest BCUT2D eigenvalue weighted by atomic mass is 10.0. The topological polar surface area (TPSA) is 47.4 Å². The molecule has 1 saturated heterocycles. The minimum Gasteiger partial charge on any atom is -0.480 e. The van der Waals surface area contributed by atoms with Gasteiger partial charge in [-0.15, -0.1) is 0 Å². The predicted octanol–water partition coefficient (Wildman–Crippen LogP) is 3.05. The van der Waals surface area contributed by atoms with Crippen LogP contribution in [0.15, 0.2) is 24.3 Å². The quantitative estimate of drug-likeness (QED) is 0.840. The molecule has 0 saturated carbocycles. The summed E-state index contributed by atoms with van der Waals surface area (Å²) in [6.07, 6.45) is 2.09. The van der Waals surface area contributed by atoms with Crippen molar-refractivity contribution in [2.75, 3.05) is 6.54 Å². The standard InChI is InChI=1S/C18H20ClN3O2/c1-11-16(17(19)21(2)20-11)13-7-5-9-22(13)18(23)15-10-12-6-3-4-8-14(12)24-15/h3-4,6,8,13,15H,5,7,9-10H2,1-2H3/t13-,15-/m1/s1. The molecule has 0 unspecified atom stereocenters. The molecule has 126 valence electrons. The van der Waals surface area contributed by atoms with Crippen LogP contribution >= 0.6 is 11.6 Å². The first-order valence-electron chi connectivity index (χ1n) is 8.30. The van der Waals surface area contributed by atoms with Crippen LogP contribution < -0.4 is 4.74 Å². The Balaban J connectivity index is 1.59. The lowest BCUT2D eigenvalue weighted by Gasteiger charge is -2.27. The van der Waals surface area contributed by atoms with Crippen molar-refractivity contribution < 1.29 is 9.53 Å². The Labute approximate surface area is 146 Å². The molecule has 0 N–H and O–H groups in total. The zero-order valence-electron chi connectivity index (χ0n) is 13.8. The number of fused-ring (bicyclic) bond motifs is 1. The number of hydrogen-bond acceptors (Lipinski definition) is 3. The molecular weight excluding hydrogens is 326 g/mol. The number of carbonyl (C=O) groups is 1. The maximum absolute atomic E-state index is 13.1. The SMILES string of the molecule is Cc1nn(C)c(Cl)c1[C@H]1CCCN1C(=O)[C@H]1Cc2ccccc2O1. The maximum atomic E-state index is 13.1. The van der Waals surface area contributed by atoms with E-state index in [9.17, 15) is 4.79 Å². The summed E-state index contributed by atoms with van der Waals surface area (Å²) in [4.78, 5) is 15.0. The third kappa shape index (κ3) is 2.38. The molecule has 0 radical (unpaired) electrons. The zero-order valence-corrected chi connectivity index (χ0v) is 14.6. The molecule has 24 heavy (non-hydrogen) atoms. The Morgan fingerprint density at radius 2 is 2.17 bits per heavy atom. The number of hydrogen-bond donors (Lipinski definition) is 0. The molecule has 2 aliphatic heterocycles. The van der Waals surface area contributed by atoms with E-state index in [-0.39, 0.29) is 11.9 Å². The number of ether oxygens (including phenoxy) is 1. The number of likely N-dealkylation sites (tertiary alicyclic amines) is 1. The van der Waals surface area contributed by atoms with Gasteiger partial charge in [0.1, 0.15) is 10.9 Å². The van der Waals surface area contributed by atoms with Crippen molar-refractivity contribution in [2.45, 2.75) is 38.3 Å². The van der Waals surface area contributed by atoms with Crippen LogP contribution in [0.4, 0.5) is 0 Å². The van der Waals surface area contributed by atoms with E-state index in [0.29, 0.717) is 11.6 Å². The van der Waals surface area contributed by atoms with E-state index >= 15 is 0 Å². The Kier molecular flexibility index (Phi) is 3.76. The normalized spacial score (nSPS) is 22.5. The Bertz CT molecular complexity index is 777. The van der Waals surface area contributed by atoms with Gasteiger partial charge in [-0.2, -0.15) is 5.10 Å². The van der Waals surface area contributed by atoms with Gasteiger partial charge in [-0.1, -0.05) is 29.8 Å². The number of benzene rings is 1. The highest BCUT2D eigenvalue weighted by Crippen LogP contribution is 2.39. The third-order valence-electron chi connectivity index (χ3n) is 4.99. The van der Waals surface area contributed by atoms with E-state index in [1.165, 1.54) is 0 Å². The number of para-hydroxylation sites is 1. The first-order chi connectivity index (χ1) is 11.6. The van der Waals surface area contributed by atoms with Crippen LogP contribution in [-0.2, 0) is 18.3 Å². The number of aromatic nitrogens is 2. The second-order valence-electron chi connectivity index (χ2n) is 6.52. The molecule has 0 spiro atoms. The largest absolute Gasteiger partial charge is 0.480 e. The number of aryl methyl sites for hydroxylation is 2. The highest BCUT2D eigenvalue weighted by atomic mass is 35.5. The Hall–Kier alpha value is -2.01. The molecule has 1 aromatic carbocycles. The molecule has 6 heteroatoms. The van der Waals surface area contributed by atoms with Crippen LogP contribution in [0.3, 0.4) is 0 Å². The summed E-state index contributed by atoms with van der Waals surface area (Å²) >= 11 is 6.43. The second-order valence-corrected chi connectivity index (χ2v) is 6.88. The van der Waals surface area contributed by atoms with Crippen molar-refractivity contribution in [3.63, 3.8) is 0 Å². The number of nitrogens with zero attached hydrogens (tertiary/aromatic N) is 3. The molecule has 3 heterocycles. The van der Waals surface area contributed by atoms with Crippen molar-refractivity contribution in [1.82, 2.24) is 14.7 Å². The number of carbonyl (C=O) groups excluding carboxylic acids is 1. The van der Waals surface area contributed by atoms with E-state index in [4.69, 9.17) is 16.3 Å². The van der Waals surface area contributed by atoms with Gasteiger partial charge in [0, 0.05) is 25.6 Å². The van der Waals surface area contributed by atoms with Gasteiger partial charge in [0.05, 0.1) is 11.7 Å². The summed E-state index contributed by atoms with van der Waals surface area (Å²) in [5.74, 6) is 0.871. The lowest BCUT2D eigenvalue weighted by Crippen LogP contribution is -2.41. The zero-order chi connectivity index (χ0) is 16.8. The van der Waals surface area contributed by atoms with Crippen LogP contribution in [0.5, 0.6) is 5.75 Å². The summed E-state index contributed by atoms with van der Waals surface area (Å²) in [5, 5.41) is 5.01. The number of halogens is 1.